The summed E-state index contributed by atoms with van der Waals surface area (Å²) in [5.74, 6) is -0.298. The zero-order valence-electron chi connectivity index (χ0n) is 8.92. The average Bonchev–Trinajstić information content (AvgIpc) is 2.30. The van der Waals surface area contributed by atoms with E-state index in [4.69, 9.17) is 9.79 Å². The highest BCUT2D eigenvalue weighted by molar-refractivity contribution is 7.44. The third-order valence-corrected chi connectivity index (χ3v) is 2.92. The predicted octanol–water partition coefficient (Wildman–Crippen LogP) is 2.68. The first-order valence-electron chi connectivity index (χ1n) is 5.02. The van der Waals surface area contributed by atoms with Crippen LogP contribution in [0.2, 0.25) is 0 Å². The van der Waals surface area contributed by atoms with Crippen molar-refractivity contribution in [1.29, 1.82) is 0 Å². The molecule has 0 amide bonds. The van der Waals surface area contributed by atoms with Crippen LogP contribution in [0.25, 0.3) is 11.1 Å². The molecule has 0 atom stereocenters. The molecule has 0 bridgehead atoms. The number of pyridine rings is 1. The lowest BCUT2D eigenvalue weighted by molar-refractivity contribution is 0.481. The summed E-state index contributed by atoms with van der Waals surface area (Å²) >= 11 is 0. The predicted molar refractivity (Wildman–Crippen MR) is 64.7 cm³/mol. The van der Waals surface area contributed by atoms with Gasteiger partial charge in [0.25, 0.3) is 0 Å². The first kappa shape index (κ1) is 12.1. The average molecular weight is 251 g/mol. The number of aromatic nitrogens is 1. The standard InChI is InChI=1S/C12H11FNO2P/c13-12-4-2-1-3-11(12)9-5-6-10(14-7-9)8-17(15)16/h1-7,15-16H,8H2. The molecule has 1 aromatic heterocycles. The van der Waals surface area contributed by atoms with Gasteiger partial charge in [-0.25, -0.2) is 4.39 Å². The highest BCUT2D eigenvalue weighted by Crippen LogP contribution is 2.29. The fourth-order valence-corrected chi connectivity index (χ4v) is 1.99. The number of hydrogen-bond acceptors (Lipinski definition) is 3. The summed E-state index contributed by atoms with van der Waals surface area (Å²) in [4.78, 5) is 21.8. The maximum absolute atomic E-state index is 13.5. The molecule has 1 heterocycles. The van der Waals surface area contributed by atoms with Crippen LogP contribution in [0.5, 0.6) is 0 Å². The number of benzene rings is 1. The molecule has 1 aromatic carbocycles. The summed E-state index contributed by atoms with van der Waals surface area (Å²) in [6.07, 6.45) is 1.67. The van der Waals surface area contributed by atoms with E-state index in [0.717, 1.165) is 0 Å². The number of rotatable bonds is 3. The van der Waals surface area contributed by atoms with Gasteiger partial charge in [-0.05, 0) is 12.1 Å². The van der Waals surface area contributed by atoms with Gasteiger partial charge in [0.2, 0.25) is 0 Å². The molecule has 0 aliphatic heterocycles. The van der Waals surface area contributed by atoms with Crippen LogP contribution in [-0.2, 0) is 6.16 Å². The van der Waals surface area contributed by atoms with Crippen molar-refractivity contribution in [3.8, 4) is 11.1 Å². The monoisotopic (exact) mass is 251 g/mol. The molecule has 0 fully saturated rings. The minimum atomic E-state index is -1.98. The fraction of sp³-hybridized carbons (Fsp3) is 0.0833. The van der Waals surface area contributed by atoms with Crippen molar-refractivity contribution in [2.24, 2.45) is 0 Å². The van der Waals surface area contributed by atoms with Gasteiger partial charge in [-0.2, -0.15) is 0 Å². The van der Waals surface area contributed by atoms with Crippen LogP contribution < -0.4 is 0 Å². The Morgan fingerprint density at radius 2 is 1.88 bits per heavy atom. The van der Waals surface area contributed by atoms with E-state index >= 15 is 0 Å². The Kier molecular flexibility index (Phi) is 3.79. The molecule has 5 heteroatoms. The van der Waals surface area contributed by atoms with Crippen LogP contribution in [0.3, 0.4) is 0 Å². The second-order valence-electron chi connectivity index (χ2n) is 3.55. The van der Waals surface area contributed by atoms with E-state index in [0.29, 0.717) is 16.8 Å². The van der Waals surface area contributed by atoms with Gasteiger partial charge in [-0.1, -0.05) is 24.3 Å². The third-order valence-electron chi connectivity index (χ3n) is 2.31. The lowest BCUT2D eigenvalue weighted by Gasteiger charge is -2.05. The summed E-state index contributed by atoms with van der Waals surface area (Å²) in [6, 6.07) is 9.85. The molecule has 0 saturated heterocycles. The molecule has 0 unspecified atom stereocenters. The van der Waals surface area contributed by atoms with E-state index in [1.807, 2.05) is 0 Å². The van der Waals surface area contributed by atoms with E-state index in [-0.39, 0.29) is 12.0 Å². The summed E-state index contributed by atoms with van der Waals surface area (Å²) < 4.78 is 13.5. The van der Waals surface area contributed by atoms with Crippen molar-refractivity contribution in [2.45, 2.75) is 6.16 Å². The minimum absolute atomic E-state index is 0.132. The maximum atomic E-state index is 13.5. The van der Waals surface area contributed by atoms with Gasteiger partial charge in [-0.15, -0.1) is 0 Å². The van der Waals surface area contributed by atoms with Gasteiger partial charge in [-0.3, -0.25) is 4.98 Å². The van der Waals surface area contributed by atoms with Crippen LogP contribution in [0.1, 0.15) is 5.69 Å². The Morgan fingerprint density at radius 1 is 1.12 bits per heavy atom. The molecule has 0 aliphatic carbocycles. The van der Waals surface area contributed by atoms with E-state index in [1.165, 1.54) is 12.3 Å². The number of nitrogens with zero attached hydrogens (tertiary/aromatic N) is 1. The Bertz CT molecular complexity index is 502. The summed E-state index contributed by atoms with van der Waals surface area (Å²) in [7, 11) is -1.98. The molecule has 0 radical (unpaired) electrons. The van der Waals surface area contributed by atoms with E-state index in [2.05, 4.69) is 4.98 Å². The van der Waals surface area contributed by atoms with Crippen molar-refractivity contribution < 1.29 is 14.2 Å². The van der Waals surface area contributed by atoms with Crippen LogP contribution in [0.4, 0.5) is 4.39 Å². The molecule has 3 nitrogen and oxygen atoms in total. The quantitative estimate of drug-likeness (QED) is 0.824. The minimum Gasteiger partial charge on any atom is -0.350 e. The van der Waals surface area contributed by atoms with Gasteiger partial charge in [0.15, 0.2) is 8.38 Å². The van der Waals surface area contributed by atoms with Crippen molar-refractivity contribution in [2.75, 3.05) is 0 Å². The van der Waals surface area contributed by atoms with Gasteiger partial charge in [0.05, 0.1) is 6.16 Å². The lowest BCUT2D eigenvalue weighted by atomic mass is 10.1. The van der Waals surface area contributed by atoms with E-state index < -0.39 is 8.38 Å². The second kappa shape index (κ2) is 5.32. The van der Waals surface area contributed by atoms with Crippen molar-refractivity contribution in [3.05, 3.63) is 54.1 Å². The zero-order valence-corrected chi connectivity index (χ0v) is 9.81. The normalized spacial score (nSPS) is 10.8. The Morgan fingerprint density at radius 3 is 2.47 bits per heavy atom. The molecular weight excluding hydrogens is 240 g/mol. The van der Waals surface area contributed by atoms with Crippen molar-refractivity contribution in [3.63, 3.8) is 0 Å². The Hall–Kier alpha value is -1.35. The number of hydrogen-bond donors (Lipinski definition) is 2. The molecule has 2 aromatic rings. The first-order valence-corrected chi connectivity index (χ1v) is 6.45. The molecular formula is C12H11FNO2P. The highest BCUT2D eigenvalue weighted by Gasteiger charge is 2.06. The van der Waals surface area contributed by atoms with E-state index in [1.54, 1.807) is 30.3 Å². The van der Waals surface area contributed by atoms with Crippen LogP contribution in [0.15, 0.2) is 42.6 Å². The lowest BCUT2D eigenvalue weighted by Crippen LogP contribution is -1.90. The summed E-state index contributed by atoms with van der Waals surface area (Å²) in [5.41, 5.74) is 1.75. The molecule has 0 saturated carbocycles. The highest BCUT2D eigenvalue weighted by atomic mass is 31.2. The topological polar surface area (TPSA) is 53.4 Å². The van der Waals surface area contributed by atoms with Crippen molar-refractivity contribution in [1.82, 2.24) is 4.98 Å². The largest absolute Gasteiger partial charge is 0.350 e. The summed E-state index contributed by atoms with van der Waals surface area (Å²) in [6.45, 7) is 0. The Labute approximate surface area is 99.5 Å². The van der Waals surface area contributed by atoms with Gasteiger partial charge in [0, 0.05) is 23.0 Å². The van der Waals surface area contributed by atoms with Gasteiger partial charge >= 0.3 is 0 Å². The van der Waals surface area contributed by atoms with Gasteiger partial charge in [0.1, 0.15) is 5.82 Å². The van der Waals surface area contributed by atoms with E-state index in [9.17, 15) is 4.39 Å². The SMILES string of the molecule is OP(O)Cc1ccc(-c2ccccc2F)cn1. The van der Waals surface area contributed by atoms with Crippen LogP contribution in [0, 0.1) is 5.82 Å². The van der Waals surface area contributed by atoms with Gasteiger partial charge < -0.3 is 9.79 Å². The Balaban J connectivity index is 2.27. The third kappa shape index (κ3) is 3.07. The van der Waals surface area contributed by atoms with Crippen LogP contribution >= 0.6 is 8.38 Å². The smallest absolute Gasteiger partial charge is 0.171 e. The molecule has 2 N–H and O–H groups in total. The zero-order chi connectivity index (χ0) is 12.3. The maximum Gasteiger partial charge on any atom is 0.171 e. The molecule has 0 aliphatic rings. The first-order chi connectivity index (χ1) is 8.16. The second-order valence-corrected chi connectivity index (χ2v) is 4.61. The fourth-order valence-electron chi connectivity index (χ4n) is 1.52. The molecule has 17 heavy (non-hydrogen) atoms. The summed E-state index contributed by atoms with van der Waals surface area (Å²) in [5, 5.41) is 0. The molecule has 88 valence electrons. The van der Waals surface area contributed by atoms with Crippen molar-refractivity contribution >= 4 is 8.38 Å². The molecule has 2 rings (SSSR count). The number of halogens is 1. The molecule has 0 spiro atoms. The van der Waals surface area contributed by atoms with Crippen LogP contribution in [-0.4, -0.2) is 14.8 Å².